The smallest absolute Gasteiger partial charge is 0.150 e. The van der Waals surface area contributed by atoms with Gasteiger partial charge in [0.1, 0.15) is 12.1 Å². The Hall–Kier alpha value is -2.18. The average Bonchev–Trinajstić information content (AvgIpc) is 3.08. The SMILES string of the molecule is COC.Cc1c(C=O)ccc(-n2ccnc2C2CCOCC2)c1N. The molecule has 3 rings (SSSR count). The summed E-state index contributed by atoms with van der Waals surface area (Å²) in [5.41, 5.74) is 9.18. The third kappa shape index (κ3) is 3.83. The van der Waals surface area contributed by atoms with Gasteiger partial charge in [0.2, 0.25) is 0 Å². The van der Waals surface area contributed by atoms with Crippen molar-refractivity contribution in [3.05, 3.63) is 41.5 Å². The number of ether oxygens (including phenoxy) is 2. The number of nitrogen functional groups attached to an aromatic ring is 1. The molecule has 0 unspecified atom stereocenters. The van der Waals surface area contributed by atoms with Crippen LogP contribution in [0, 0.1) is 6.92 Å². The molecule has 0 atom stereocenters. The Balaban J connectivity index is 0.000000647. The highest BCUT2D eigenvalue weighted by molar-refractivity contribution is 5.82. The molecule has 1 aromatic carbocycles. The van der Waals surface area contributed by atoms with E-state index in [1.807, 2.05) is 29.8 Å². The van der Waals surface area contributed by atoms with Gasteiger partial charge in [-0.2, -0.15) is 0 Å². The molecule has 1 aromatic heterocycles. The largest absolute Gasteiger partial charge is 0.397 e. The lowest BCUT2D eigenvalue weighted by Crippen LogP contribution is -2.18. The number of nitrogens with two attached hydrogens (primary N) is 1. The van der Waals surface area contributed by atoms with Crippen LogP contribution in [0.4, 0.5) is 5.69 Å². The van der Waals surface area contributed by atoms with Crippen molar-refractivity contribution in [1.82, 2.24) is 9.55 Å². The number of aldehydes is 1. The van der Waals surface area contributed by atoms with Gasteiger partial charge in [0.05, 0.1) is 11.4 Å². The lowest BCUT2D eigenvalue weighted by molar-refractivity contribution is 0.0833. The summed E-state index contributed by atoms with van der Waals surface area (Å²) in [4.78, 5) is 15.5. The first-order valence-electron chi connectivity index (χ1n) is 7.99. The van der Waals surface area contributed by atoms with Gasteiger partial charge >= 0.3 is 0 Å². The zero-order valence-corrected chi connectivity index (χ0v) is 14.5. The van der Waals surface area contributed by atoms with E-state index in [0.717, 1.165) is 49.4 Å². The molecule has 0 saturated carbocycles. The molecule has 1 fully saturated rings. The van der Waals surface area contributed by atoms with Crippen molar-refractivity contribution in [2.45, 2.75) is 25.7 Å². The second kappa shape index (κ2) is 8.61. The Morgan fingerprint density at radius 2 is 2.00 bits per heavy atom. The van der Waals surface area contributed by atoms with E-state index in [1.54, 1.807) is 20.4 Å². The number of benzene rings is 1. The number of anilines is 1. The van der Waals surface area contributed by atoms with Crippen molar-refractivity contribution in [2.75, 3.05) is 33.2 Å². The van der Waals surface area contributed by atoms with Gasteiger partial charge in [0.25, 0.3) is 0 Å². The molecule has 0 radical (unpaired) electrons. The van der Waals surface area contributed by atoms with Gasteiger partial charge in [0.15, 0.2) is 0 Å². The summed E-state index contributed by atoms with van der Waals surface area (Å²) in [7, 11) is 3.25. The molecule has 130 valence electrons. The number of carbonyl (C=O) groups excluding carboxylic acids is 1. The van der Waals surface area contributed by atoms with E-state index in [1.165, 1.54) is 0 Å². The quantitative estimate of drug-likeness (QED) is 0.691. The summed E-state index contributed by atoms with van der Waals surface area (Å²) in [6, 6.07) is 3.69. The van der Waals surface area contributed by atoms with Crippen molar-refractivity contribution in [2.24, 2.45) is 0 Å². The first-order valence-corrected chi connectivity index (χ1v) is 7.99. The number of hydrogen-bond donors (Lipinski definition) is 1. The van der Waals surface area contributed by atoms with Crippen molar-refractivity contribution >= 4 is 12.0 Å². The van der Waals surface area contributed by atoms with Crippen LogP contribution < -0.4 is 5.73 Å². The van der Waals surface area contributed by atoms with Crippen molar-refractivity contribution in [3.63, 3.8) is 0 Å². The minimum atomic E-state index is 0.388. The predicted octanol–water partition coefficient (Wildman–Crippen LogP) is 2.73. The van der Waals surface area contributed by atoms with E-state index in [2.05, 4.69) is 9.72 Å². The van der Waals surface area contributed by atoms with Crippen LogP contribution >= 0.6 is 0 Å². The van der Waals surface area contributed by atoms with Crippen LogP contribution in [0.1, 0.15) is 40.5 Å². The van der Waals surface area contributed by atoms with Crippen molar-refractivity contribution in [3.8, 4) is 5.69 Å². The Morgan fingerprint density at radius 1 is 1.33 bits per heavy atom. The number of methoxy groups -OCH3 is 1. The lowest BCUT2D eigenvalue weighted by Gasteiger charge is -2.23. The zero-order chi connectivity index (χ0) is 17.5. The van der Waals surface area contributed by atoms with Crippen molar-refractivity contribution in [1.29, 1.82) is 0 Å². The first kappa shape index (κ1) is 18.2. The Labute approximate surface area is 142 Å². The highest BCUT2D eigenvalue weighted by Gasteiger charge is 2.22. The topological polar surface area (TPSA) is 79.4 Å². The van der Waals surface area contributed by atoms with E-state index in [-0.39, 0.29) is 0 Å². The van der Waals surface area contributed by atoms with E-state index < -0.39 is 0 Å². The van der Waals surface area contributed by atoms with Gasteiger partial charge in [-0.05, 0) is 37.5 Å². The molecule has 0 aliphatic carbocycles. The van der Waals surface area contributed by atoms with Gasteiger partial charge in [-0.3, -0.25) is 4.79 Å². The maximum absolute atomic E-state index is 11.0. The first-order chi connectivity index (χ1) is 11.6. The highest BCUT2D eigenvalue weighted by atomic mass is 16.5. The lowest BCUT2D eigenvalue weighted by atomic mass is 9.99. The fraction of sp³-hybridized carbons (Fsp3) is 0.444. The highest BCUT2D eigenvalue weighted by Crippen LogP contribution is 2.30. The van der Waals surface area contributed by atoms with E-state index in [0.29, 0.717) is 17.2 Å². The monoisotopic (exact) mass is 331 g/mol. The number of imidazole rings is 1. The number of rotatable bonds is 3. The molecule has 0 bridgehead atoms. The molecular weight excluding hydrogens is 306 g/mol. The predicted molar refractivity (Wildman–Crippen MR) is 93.8 cm³/mol. The van der Waals surface area contributed by atoms with Crippen LogP contribution in [-0.2, 0) is 9.47 Å². The van der Waals surface area contributed by atoms with Crippen LogP contribution in [0.25, 0.3) is 5.69 Å². The Morgan fingerprint density at radius 3 is 2.62 bits per heavy atom. The molecule has 0 amide bonds. The van der Waals surface area contributed by atoms with Crippen LogP contribution in [0.3, 0.4) is 0 Å². The molecular formula is C18H25N3O3. The maximum atomic E-state index is 11.0. The average molecular weight is 331 g/mol. The third-order valence-corrected chi connectivity index (χ3v) is 4.18. The second-order valence-corrected chi connectivity index (χ2v) is 5.78. The molecule has 2 aromatic rings. The summed E-state index contributed by atoms with van der Waals surface area (Å²) in [6.45, 7) is 3.42. The second-order valence-electron chi connectivity index (χ2n) is 5.78. The summed E-state index contributed by atoms with van der Waals surface area (Å²) < 4.78 is 11.7. The molecule has 2 N–H and O–H groups in total. The van der Waals surface area contributed by atoms with Gasteiger partial charge in [-0.1, -0.05) is 0 Å². The molecule has 1 saturated heterocycles. The van der Waals surface area contributed by atoms with E-state index in [9.17, 15) is 4.79 Å². The normalized spacial score (nSPS) is 14.8. The van der Waals surface area contributed by atoms with Crippen LogP contribution in [-0.4, -0.2) is 43.3 Å². The summed E-state index contributed by atoms with van der Waals surface area (Å²) >= 11 is 0. The van der Waals surface area contributed by atoms with Crippen LogP contribution in [0.2, 0.25) is 0 Å². The Kier molecular flexibility index (Phi) is 6.52. The number of aromatic nitrogens is 2. The number of nitrogens with zero attached hydrogens (tertiary/aromatic N) is 2. The number of carbonyl (C=O) groups is 1. The molecule has 24 heavy (non-hydrogen) atoms. The van der Waals surface area contributed by atoms with Crippen LogP contribution in [0.15, 0.2) is 24.5 Å². The maximum Gasteiger partial charge on any atom is 0.150 e. The van der Waals surface area contributed by atoms with Gasteiger partial charge < -0.3 is 19.8 Å². The summed E-state index contributed by atoms with van der Waals surface area (Å²) in [6.07, 6.45) is 6.51. The molecule has 1 aliphatic heterocycles. The molecule has 2 heterocycles. The minimum Gasteiger partial charge on any atom is -0.397 e. The molecule has 1 aliphatic rings. The number of hydrogen-bond acceptors (Lipinski definition) is 5. The summed E-state index contributed by atoms with van der Waals surface area (Å²) in [5, 5.41) is 0. The Bertz CT molecular complexity index is 676. The van der Waals surface area contributed by atoms with Crippen LogP contribution in [0.5, 0.6) is 0 Å². The third-order valence-electron chi connectivity index (χ3n) is 4.18. The minimum absolute atomic E-state index is 0.388. The van der Waals surface area contributed by atoms with Gasteiger partial charge in [-0.15, -0.1) is 0 Å². The fourth-order valence-corrected chi connectivity index (χ4v) is 2.85. The summed E-state index contributed by atoms with van der Waals surface area (Å²) in [5.74, 6) is 1.41. The fourth-order valence-electron chi connectivity index (χ4n) is 2.85. The van der Waals surface area contributed by atoms with E-state index in [4.69, 9.17) is 10.5 Å². The molecule has 6 nitrogen and oxygen atoms in total. The van der Waals surface area contributed by atoms with Crippen molar-refractivity contribution < 1.29 is 14.3 Å². The van der Waals surface area contributed by atoms with Gasteiger partial charge in [0, 0.05) is 51.3 Å². The molecule has 0 spiro atoms. The van der Waals surface area contributed by atoms with Gasteiger partial charge in [-0.25, -0.2) is 4.98 Å². The molecule has 6 heteroatoms. The van der Waals surface area contributed by atoms with E-state index >= 15 is 0 Å². The zero-order valence-electron chi connectivity index (χ0n) is 14.5. The standard InChI is InChI=1S/C16H19N3O2.C2H6O/c1-11-13(10-20)2-3-14(15(11)17)19-7-6-18-16(19)12-4-8-21-9-5-12;1-3-2/h2-3,6-7,10,12H,4-5,8-9,17H2,1H3;1-2H3.